The van der Waals surface area contributed by atoms with Gasteiger partial charge in [0, 0.05) is 56.5 Å². The van der Waals surface area contributed by atoms with E-state index >= 15 is 0 Å². The summed E-state index contributed by atoms with van der Waals surface area (Å²) in [5.74, 6) is -6.72. The average molecular weight is 704 g/mol. The Morgan fingerprint density at radius 1 is 0.812 bits per heavy atom. The van der Waals surface area contributed by atoms with E-state index in [0.29, 0.717) is 5.92 Å². The van der Waals surface area contributed by atoms with Gasteiger partial charge in [-0.25, -0.2) is 19.4 Å². The van der Waals surface area contributed by atoms with Crippen LogP contribution in [0.5, 0.6) is 0 Å². The maximum Gasteiger partial charge on any atom is 0.490 e. The van der Waals surface area contributed by atoms with Crippen LogP contribution in [0.15, 0.2) is 60.9 Å². The highest BCUT2D eigenvalue weighted by molar-refractivity contribution is 5.73. The van der Waals surface area contributed by atoms with Gasteiger partial charge >= 0.3 is 36.4 Å². The zero-order valence-corrected chi connectivity index (χ0v) is 24.9. The molecule has 266 valence electrons. The Kier molecular flexibility index (Phi) is 15.8. The second-order valence-electron chi connectivity index (χ2n) is 9.80. The van der Waals surface area contributed by atoms with E-state index in [4.69, 9.17) is 34.7 Å². The van der Waals surface area contributed by atoms with E-state index in [1.54, 1.807) is 0 Å². The largest absolute Gasteiger partial charge is 0.490 e. The quantitative estimate of drug-likeness (QED) is 0.238. The van der Waals surface area contributed by atoms with Crippen LogP contribution < -0.4 is 5.32 Å². The number of pyridine rings is 2. The predicted molar refractivity (Wildman–Crippen MR) is 149 cm³/mol. The third kappa shape index (κ3) is 16.6. The van der Waals surface area contributed by atoms with Crippen molar-refractivity contribution in [1.29, 1.82) is 0 Å². The van der Waals surface area contributed by atoms with Gasteiger partial charge in [0.1, 0.15) is 5.82 Å². The summed E-state index contributed by atoms with van der Waals surface area (Å²) in [6, 6.07) is 16.7. The monoisotopic (exact) mass is 703 g/mol. The van der Waals surface area contributed by atoms with Gasteiger partial charge in [0.15, 0.2) is 0 Å². The number of alkyl halides is 9. The van der Waals surface area contributed by atoms with Gasteiger partial charge in [0.25, 0.3) is 0 Å². The van der Waals surface area contributed by atoms with Gasteiger partial charge < -0.3 is 25.2 Å². The molecule has 4 N–H and O–H groups in total. The van der Waals surface area contributed by atoms with Crippen LogP contribution in [-0.2, 0) is 34.0 Å². The Bertz CT molecular complexity index is 1390. The molecule has 0 fully saturated rings. The fraction of sp³-hybridized carbons (Fsp3) is 0.393. The summed E-state index contributed by atoms with van der Waals surface area (Å²) in [5, 5.41) is 24.8. The van der Waals surface area contributed by atoms with Crippen LogP contribution in [0.25, 0.3) is 0 Å². The number of carboxylic acid groups (broad SMARTS) is 3. The molecule has 0 aliphatic carbocycles. The van der Waals surface area contributed by atoms with Gasteiger partial charge in [-0.15, -0.1) is 0 Å². The van der Waals surface area contributed by atoms with Crippen LogP contribution in [0, 0.1) is 12.8 Å². The molecule has 3 aromatic heterocycles. The first kappa shape index (κ1) is 41.1. The number of aromatic nitrogens is 3. The van der Waals surface area contributed by atoms with E-state index in [1.165, 1.54) is 5.69 Å². The predicted octanol–water partition coefficient (Wildman–Crippen LogP) is 5.62. The molecular weight excluding hydrogens is 673 g/mol. The van der Waals surface area contributed by atoms with E-state index < -0.39 is 36.4 Å². The first-order valence-corrected chi connectivity index (χ1v) is 13.4. The molecular formula is C28H30F9N5O6. The minimum Gasteiger partial charge on any atom is -0.475 e. The molecule has 1 aliphatic heterocycles. The number of aliphatic carboxylic acids is 3. The number of hydrogen-bond acceptors (Lipinski definition) is 7. The van der Waals surface area contributed by atoms with E-state index in [0.717, 1.165) is 56.4 Å². The first-order chi connectivity index (χ1) is 22.1. The van der Waals surface area contributed by atoms with Gasteiger partial charge in [-0.1, -0.05) is 12.1 Å². The Labute approximate surface area is 266 Å². The number of carbonyl (C=O) groups is 3. The van der Waals surface area contributed by atoms with Gasteiger partial charge in [0.05, 0.1) is 5.69 Å². The second kappa shape index (κ2) is 18.5. The Hall–Kier alpha value is -4.88. The first-order valence-electron chi connectivity index (χ1n) is 13.4. The highest BCUT2D eigenvalue weighted by Crippen LogP contribution is 2.21. The molecule has 11 nitrogen and oxygen atoms in total. The van der Waals surface area contributed by atoms with Crippen molar-refractivity contribution in [3.8, 4) is 0 Å². The highest BCUT2D eigenvalue weighted by atomic mass is 19.4. The summed E-state index contributed by atoms with van der Waals surface area (Å²) < 4.78 is 97.6. The standard InChI is InChI=1S/C22H27N5.3C2HF3O2/c1-18-6-4-7-20(25-18)16-26-14-19(15-27-13-5-8-21(27)17-26)10-12-24-22-9-2-3-11-23-22;3*3-2(4,5)1(6)7/h2-9,11,13,19H,10,12,14-17H2,1H3,(H,23,24);3*(H,6,7). The third-order valence-corrected chi connectivity index (χ3v) is 5.86. The molecule has 0 radical (unpaired) electrons. The van der Waals surface area contributed by atoms with Crippen LogP contribution in [0.4, 0.5) is 45.3 Å². The number of nitrogens with zero attached hydrogens (tertiary/aromatic N) is 4. The van der Waals surface area contributed by atoms with Gasteiger partial charge in [-0.05, 0) is 55.7 Å². The summed E-state index contributed by atoms with van der Waals surface area (Å²) in [4.78, 5) is 38.3. The summed E-state index contributed by atoms with van der Waals surface area (Å²) in [6.45, 7) is 7.03. The van der Waals surface area contributed by atoms with E-state index in [-0.39, 0.29) is 0 Å². The minimum absolute atomic E-state index is 0.597. The number of anilines is 1. The third-order valence-electron chi connectivity index (χ3n) is 5.86. The summed E-state index contributed by atoms with van der Waals surface area (Å²) in [5.41, 5.74) is 3.63. The Morgan fingerprint density at radius 3 is 1.85 bits per heavy atom. The normalized spacial score (nSPS) is 14.7. The molecule has 1 aliphatic rings. The summed E-state index contributed by atoms with van der Waals surface area (Å²) in [6.07, 6.45) is -10.1. The number of halogens is 9. The summed E-state index contributed by atoms with van der Waals surface area (Å²) >= 11 is 0. The van der Waals surface area contributed by atoms with Crippen molar-refractivity contribution >= 4 is 23.7 Å². The highest BCUT2D eigenvalue weighted by Gasteiger charge is 2.39. The van der Waals surface area contributed by atoms with Crippen molar-refractivity contribution in [1.82, 2.24) is 19.4 Å². The molecule has 4 heterocycles. The van der Waals surface area contributed by atoms with Crippen LogP contribution in [0.2, 0.25) is 0 Å². The molecule has 0 aromatic carbocycles. The SMILES string of the molecule is Cc1cccc(CN2Cc3cccn3CC(CCNc3ccccn3)C2)n1.O=C(O)C(F)(F)F.O=C(O)C(F)(F)F.O=C(O)C(F)(F)F. The van der Waals surface area contributed by atoms with Gasteiger partial charge in [0.2, 0.25) is 0 Å². The fourth-order valence-electron chi connectivity index (χ4n) is 3.86. The van der Waals surface area contributed by atoms with E-state index in [9.17, 15) is 39.5 Å². The lowest BCUT2D eigenvalue weighted by atomic mass is 10.0. The lowest BCUT2D eigenvalue weighted by Crippen LogP contribution is -2.29. The maximum atomic E-state index is 10.6. The van der Waals surface area contributed by atoms with Crippen LogP contribution in [0.1, 0.15) is 23.5 Å². The van der Waals surface area contributed by atoms with E-state index in [1.807, 2.05) is 24.4 Å². The number of fused-ring (bicyclic) bond motifs is 1. The number of aryl methyl sites for hydroxylation is 1. The second-order valence-corrected chi connectivity index (χ2v) is 9.80. The van der Waals surface area contributed by atoms with Crippen LogP contribution >= 0.6 is 0 Å². The average Bonchev–Trinajstić information content (AvgIpc) is 3.32. The lowest BCUT2D eigenvalue weighted by Gasteiger charge is -2.24. The smallest absolute Gasteiger partial charge is 0.475 e. The molecule has 0 spiro atoms. The molecule has 48 heavy (non-hydrogen) atoms. The molecule has 1 atom stereocenters. The molecule has 1 unspecified atom stereocenters. The van der Waals surface area contributed by atoms with Crippen molar-refractivity contribution in [2.75, 3.05) is 18.4 Å². The molecule has 3 aromatic rings. The number of carboxylic acids is 3. The van der Waals surface area contributed by atoms with Crippen molar-refractivity contribution < 1.29 is 69.2 Å². The molecule has 0 saturated carbocycles. The maximum absolute atomic E-state index is 10.6. The molecule has 0 amide bonds. The van der Waals surface area contributed by atoms with Crippen molar-refractivity contribution in [2.45, 2.75) is 51.5 Å². The minimum atomic E-state index is -5.08. The van der Waals surface area contributed by atoms with Crippen molar-refractivity contribution in [3.05, 3.63) is 78.0 Å². The van der Waals surface area contributed by atoms with Crippen molar-refractivity contribution in [3.63, 3.8) is 0 Å². The fourth-order valence-corrected chi connectivity index (χ4v) is 3.86. The Balaban J connectivity index is 0.000000448. The topological polar surface area (TPSA) is 158 Å². The zero-order chi connectivity index (χ0) is 36.7. The zero-order valence-electron chi connectivity index (χ0n) is 24.9. The molecule has 4 rings (SSSR count). The van der Waals surface area contributed by atoms with E-state index in [2.05, 4.69) is 63.2 Å². The van der Waals surface area contributed by atoms with Crippen molar-refractivity contribution in [2.24, 2.45) is 5.92 Å². The molecule has 0 saturated heterocycles. The number of rotatable bonds is 6. The summed E-state index contributed by atoms with van der Waals surface area (Å²) in [7, 11) is 0. The van der Waals surface area contributed by atoms with Gasteiger partial charge in [-0.3, -0.25) is 9.88 Å². The van der Waals surface area contributed by atoms with Gasteiger partial charge in [-0.2, -0.15) is 39.5 Å². The van der Waals surface area contributed by atoms with Crippen LogP contribution in [-0.4, -0.2) is 84.3 Å². The number of nitrogens with one attached hydrogen (secondary N) is 1. The molecule has 20 heteroatoms. The molecule has 0 bridgehead atoms. The van der Waals surface area contributed by atoms with Crippen LogP contribution in [0.3, 0.4) is 0 Å². The lowest BCUT2D eigenvalue weighted by molar-refractivity contribution is -0.193. The number of hydrogen-bond donors (Lipinski definition) is 4. The Morgan fingerprint density at radius 2 is 1.38 bits per heavy atom.